The Morgan fingerprint density at radius 2 is 2.10 bits per heavy atom. The van der Waals surface area contributed by atoms with E-state index in [-0.39, 0.29) is 11.6 Å². The molecule has 8 nitrogen and oxygen atoms in total. The maximum atomic E-state index is 14.9. The van der Waals surface area contributed by atoms with Gasteiger partial charge in [-0.1, -0.05) is 0 Å². The van der Waals surface area contributed by atoms with Gasteiger partial charge in [-0.15, -0.1) is 0 Å². The van der Waals surface area contributed by atoms with E-state index in [0.717, 1.165) is 5.82 Å². The van der Waals surface area contributed by atoms with Crippen LogP contribution in [0.1, 0.15) is 33.0 Å². The van der Waals surface area contributed by atoms with Crippen molar-refractivity contribution < 1.29 is 18.7 Å². The van der Waals surface area contributed by atoms with Crippen LogP contribution in [0, 0.1) is 5.82 Å². The molecule has 0 bridgehead atoms. The molecule has 0 aliphatic carbocycles. The first kappa shape index (κ1) is 21.8. The van der Waals surface area contributed by atoms with Gasteiger partial charge in [0.2, 0.25) is 5.91 Å². The summed E-state index contributed by atoms with van der Waals surface area (Å²) in [6, 6.07) is 3.98. The minimum absolute atomic E-state index is 0.187. The van der Waals surface area contributed by atoms with E-state index < -0.39 is 23.6 Å². The number of amides is 2. The summed E-state index contributed by atoms with van der Waals surface area (Å²) < 4.78 is 21.9. The largest absolute Gasteiger partial charge is 0.444 e. The standard InChI is InChI=1S/C21H28FN5O3/c1-21(2,3)30-20(29)24-16-8-10-27(19(16)28)17-7-6-14(12-15(17)22)26-11-9-23-18(26)13-25(4)5/h6-7,9,11-12,16H,8,10,13H2,1-5H3,(H,24,29)/t16-/m0/s1. The van der Waals surface area contributed by atoms with Crippen molar-refractivity contribution in [1.29, 1.82) is 0 Å². The second-order valence-electron chi connectivity index (χ2n) is 8.56. The number of imidazole rings is 1. The number of benzene rings is 1. The SMILES string of the molecule is CN(C)Cc1nccn1-c1ccc(N2CC[C@H](NC(=O)OC(C)(C)C)C2=O)c(F)c1. The molecule has 2 heterocycles. The lowest BCUT2D eigenvalue weighted by Crippen LogP contribution is -2.43. The summed E-state index contributed by atoms with van der Waals surface area (Å²) in [7, 11) is 3.87. The first-order valence-corrected chi connectivity index (χ1v) is 9.83. The van der Waals surface area contributed by atoms with E-state index >= 15 is 0 Å². The lowest BCUT2D eigenvalue weighted by molar-refractivity contribution is -0.118. The van der Waals surface area contributed by atoms with Crippen molar-refractivity contribution in [1.82, 2.24) is 19.8 Å². The lowest BCUT2D eigenvalue weighted by atomic mass is 10.2. The molecule has 0 saturated carbocycles. The Hall–Kier alpha value is -2.94. The van der Waals surface area contributed by atoms with Gasteiger partial charge in [-0.3, -0.25) is 4.79 Å². The fourth-order valence-electron chi connectivity index (χ4n) is 3.34. The summed E-state index contributed by atoms with van der Waals surface area (Å²) in [5.74, 6) is -0.0854. The van der Waals surface area contributed by atoms with Crippen LogP contribution in [0.4, 0.5) is 14.9 Å². The summed E-state index contributed by atoms with van der Waals surface area (Å²) >= 11 is 0. The predicted octanol–water partition coefficient (Wildman–Crippen LogP) is 2.70. The topological polar surface area (TPSA) is 79.7 Å². The second kappa shape index (κ2) is 8.43. The molecular formula is C21H28FN5O3. The molecule has 1 fully saturated rings. The van der Waals surface area contributed by atoms with E-state index in [1.54, 1.807) is 45.3 Å². The minimum atomic E-state index is -0.737. The first-order chi connectivity index (χ1) is 14.0. The van der Waals surface area contributed by atoms with Gasteiger partial charge in [0.25, 0.3) is 0 Å². The Morgan fingerprint density at radius 3 is 2.73 bits per heavy atom. The van der Waals surface area contributed by atoms with Gasteiger partial charge in [-0.25, -0.2) is 14.2 Å². The number of nitrogens with zero attached hydrogens (tertiary/aromatic N) is 4. The third kappa shape index (κ3) is 4.96. The monoisotopic (exact) mass is 417 g/mol. The van der Waals surface area contributed by atoms with Gasteiger partial charge in [0, 0.05) is 30.7 Å². The Labute approximate surface area is 175 Å². The molecule has 162 valence electrons. The summed E-state index contributed by atoms with van der Waals surface area (Å²) in [4.78, 5) is 32.3. The molecule has 30 heavy (non-hydrogen) atoms. The quantitative estimate of drug-likeness (QED) is 0.809. The Kier molecular flexibility index (Phi) is 6.12. The normalized spacial score (nSPS) is 17.0. The zero-order valence-corrected chi connectivity index (χ0v) is 18.0. The molecule has 2 amide bonds. The summed E-state index contributed by atoms with van der Waals surface area (Å²) in [6.45, 7) is 6.16. The Bertz CT molecular complexity index is 935. The van der Waals surface area contributed by atoms with E-state index in [0.29, 0.717) is 25.2 Å². The third-order valence-corrected chi connectivity index (χ3v) is 4.57. The molecule has 1 atom stereocenters. The van der Waals surface area contributed by atoms with Crippen LogP contribution in [0.25, 0.3) is 5.69 Å². The molecule has 1 aliphatic rings. The summed E-state index contributed by atoms with van der Waals surface area (Å²) in [6.07, 6.45) is 3.16. The average Bonchev–Trinajstić information content (AvgIpc) is 3.20. The van der Waals surface area contributed by atoms with Crippen LogP contribution in [-0.2, 0) is 16.1 Å². The number of ether oxygens (including phenoxy) is 1. The van der Waals surface area contributed by atoms with Gasteiger partial charge in [0.15, 0.2) is 0 Å². The summed E-state index contributed by atoms with van der Waals surface area (Å²) in [5.41, 5.74) is 0.152. The van der Waals surface area contributed by atoms with E-state index in [9.17, 15) is 14.0 Å². The maximum absolute atomic E-state index is 14.9. The van der Waals surface area contributed by atoms with E-state index in [1.807, 2.05) is 23.6 Å². The molecule has 0 spiro atoms. The van der Waals surface area contributed by atoms with Gasteiger partial charge in [0.05, 0.1) is 12.2 Å². The third-order valence-electron chi connectivity index (χ3n) is 4.57. The number of halogens is 1. The molecule has 1 aromatic heterocycles. The number of nitrogens with one attached hydrogen (secondary N) is 1. The highest BCUT2D eigenvalue weighted by molar-refractivity contribution is 6.01. The Morgan fingerprint density at radius 1 is 1.37 bits per heavy atom. The molecular weight excluding hydrogens is 389 g/mol. The van der Waals surface area contributed by atoms with Crippen LogP contribution in [0.5, 0.6) is 0 Å². The predicted molar refractivity (Wildman–Crippen MR) is 111 cm³/mol. The average molecular weight is 417 g/mol. The van der Waals surface area contributed by atoms with Crippen LogP contribution in [-0.4, -0.2) is 58.7 Å². The maximum Gasteiger partial charge on any atom is 0.408 e. The second-order valence-corrected chi connectivity index (χ2v) is 8.56. The summed E-state index contributed by atoms with van der Waals surface area (Å²) in [5, 5.41) is 2.57. The number of aromatic nitrogens is 2. The van der Waals surface area contributed by atoms with Crippen molar-refractivity contribution in [2.45, 2.75) is 45.4 Å². The van der Waals surface area contributed by atoms with E-state index in [1.165, 1.54) is 11.0 Å². The molecule has 0 radical (unpaired) electrons. The Balaban J connectivity index is 1.74. The molecule has 1 aromatic carbocycles. The van der Waals surface area contributed by atoms with E-state index in [4.69, 9.17) is 4.74 Å². The van der Waals surface area contributed by atoms with Crippen LogP contribution in [0.3, 0.4) is 0 Å². The molecule has 0 unspecified atom stereocenters. The van der Waals surface area contributed by atoms with Gasteiger partial charge >= 0.3 is 6.09 Å². The number of hydrogen-bond acceptors (Lipinski definition) is 5. The molecule has 1 saturated heterocycles. The molecule has 9 heteroatoms. The van der Waals surface area contributed by atoms with Crippen LogP contribution in [0.15, 0.2) is 30.6 Å². The fraction of sp³-hybridized carbons (Fsp3) is 0.476. The van der Waals surface area contributed by atoms with Crippen LogP contribution < -0.4 is 10.2 Å². The molecule has 1 aliphatic heterocycles. The molecule has 2 aromatic rings. The van der Waals surface area contributed by atoms with Crippen molar-refractivity contribution in [3.8, 4) is 5.69 Å². The zero-order chi connectivity index (χ0) is 22.1. The molecule has 3 rings (SSSR count). The van der Waals surface area contributed by atoms with Crippen molar-refractivity contribution in [3.05, 3.63) is 42.2 Å². The van der Waals surface area contributed by atoms with Crippen molar-refractivity contribution in [2.75, 3.05) is 25.5 Å². The van der Waals surface area contributed by atoms with Gasteiger partial charge in [-0.2, -0.15) is 0 Å². The fourth-order valence-corrected chi connectivity index (χ4v) is 3.34. The molecule has 1 N–H and O–H groups in total. The number of hydrogen-bond donors (Lipinski definition) is 1. The lowest BCUT2D eigenvalue weighted by Gasteiger charge is -2.22. The van der Waals surface area contributed by atoms with Gasteiger partial charge in [-0.05, 0) is 53.4 Å². The van der Waals surface area contributed by atoms with Gasteiger partial charge < -0.3 is 24.4 Å². The van der Waals surface area contributed by atoms with Crippen LogP contribution in [0.2, 0.25) is 0 Å². The smallest absolute Gasteiger partial charge is 0.408 e. The first-order valence-electron chi connectivity index (χ1n) is 9.83. The highest BCUT2D eigenvalue weighted by Crippen LogP contribution is 2.27. The van der Waals surface area contributed by atoms with Crippen molar-refractivity contribution in [2.24, 2.45) is 0 Å². The highest BCUT2D eigenvalue weighted by atomic mass is 19.1. The number of carbonyl (C=O) groups excluding carboxylic acids is 2. The van der Waals surface area contributed by atoms with Crippen molar-refractivity contribution >= 4 is 17.7 Å². The number of anilines is 1. The van der Waals surface area contributed by atoms with Gasteiger partial charge in [0.1, 0.15) is 23.3 Å². The van der Waals surface area contributed by atoms with Crippen molar-refractivity contribution in [3.63, 3.8) is 0 Å². The number of alkyl carbamates (subject to hydrolysis) is 1. The zero-order valence-electron chi connectivity index (χ0n) is 18.0. The van der Waals surface area contributed by atoms with E-state index in [2.05, 4.69) is 10.3 Å². The van der Waals surface area contributed by atoms with Crippen LogP contribution >= 0.6 is 0 Å². The minimum Gasteiger partial charge on any atom is -0.444 e. The highest BCUT2D eigenvalue weighted by Gasteiger charge is 2.35. The number of carbonyl (C=O) groups is 2. The number of rotatable bonds is 5.